The second-order valence-corrected chi connectivity index (χ2v) is 7.01. The summed E-state index contributed by atoms with van der Waals surface area (Å²) in [5.41, 5.74) is 2.06. The molecule has 1 aromatic carbocycles. The van der Waals surface area contributed by atoms with Crippen LogP contribution in [0.1, 0.15) is 29.0 Å². The summed E-state index contributed by atoms with van der Waals surface area (Å²) in [6.07, 6.45) is 2.40. The molecule has 2 N–H and O–H groups in total. The van der Waals surface area contributed by atoms with Crippen LogP contribution in [0, 0.1) is 6.92 Å². The van der Waals surface area contributed by atoms with Crippen LogP contribution in [0.5, 0.6) is 0 Å². The molecular weight excluding hydrogens is 368 g/mol. The zero-order valence-corrected chi connectivity index (χ0v) is 16.4. The first-order valence-electron chi connectivity index (χ1n) is 9.84. The Labute approximate surface area is 169 Å². The van der Waals surface area contributed by atoms with Gasteiger partial charge in [0, 0.05) is 49.6 Å². The van der Waals surface area contributed by atoms with E-state index in [9.17, 15) is 4.79 Å². The van der Waals surface area contributed by atoms with E-state index in [-0.39, 0.29) is 11.6 Å². The van der Waals surface area contributed by atoms with Crippen molar-refractivity contribution in [2.75, 3.05) is 36.4 Å². The first kappa shape index (κ1) is 18.9. The standard InChI is InChI=1S/C21H24N6O2/c1-15-13-19(27-11-5-6-12-27)25-21(24-15)23-10-9-22-20(28)17-14-18(29-26-17)16-7-3-2-4-8-16/h2-4,7-8,13-14H,5-6,9-12H2,1H3,(H,22,28)(H,23,24,25). The maximum atomic E-state index is 12.3. The van der Waals surface area contributed by atoms with Crippen LogP contribution in [0.2, 0.25) is 0 Å². The van der Waals surface area contributed by atoms with Crippen molar-refractivity contribution in [1.82, 2.24) is 20.4 Å². The third-order valence-corrected chi connectivity index (χ3v) is 4.77. The van der Waals surface area contributed by atoms with E-state index in [0.717, 1.165) is 30.2 Å². The highest BCUT2D eigenvalue weighted by Crippen LogP contribution is 2.20. The number of nitrogens with zero attached hydrogens (tertiary/aromatic N) is 4. The maximum Gasteiger partial charge on any atom is 0.273 e. The van der Waals surface area contributed by atoms with E-state index in [2.05, 4.69) is 30.7 Å². The lowest BCUT2D eigenvalue weighted by atomic mass is 10.1. The van der Waals surface area contributed by atoms with Crippen molar-refractivity contribution < 1.29 is 9.32 Å². The van der Waals surface area contributed by atoms with E-state index < -0.39 is 0 Å². The number of aryl methyl sites for hydroxylation is 1. The highest BCUT2D eigenvalue weighted by molar-refractivity contribution is 5.93. The lowest BCUT2D eigenvalue weighted by Crippen LogP contribution is -2.29. The quantitative estimate of drug-likeness (QED) is 0.597. The van der Waals surface area contributed by atoms with Gasteiger partial charge in [-0.1, -0.05) is 35.5 Å². The Bertz CT molecular complexity index is 966. The number of anilines is 2. The summed E-state index contributed by atoms with van der Waals surface area (Å²) in [7, 11) is 0. The Hall–Kier alpha value is -3.42. The van der Waals surface area contributed by atoms with Crippen molar-refractivity contribution in [1.29, 1.82) is 0 Å². The molecule has 4 rings (SSSR count). The summed E-state index contributed by atoms with van der Waals surface area (Å²) in [4.78, 5) is 23.6. The minimum atomic E-state index is -0.277. The monoisotopic (exact) mass is 392 g/mol. The van der Waals surface area contributed by atoms with Crippen molar-refractivity contribution in [3.05, 3.63) is 53.9 Å². The molecule has 1 saturated heterocycles. The molecular formula is C21H24N6O2. The van der Waals surface area contributed by atoms with Crippen molar-refractivity contribution in [3.63, 3.8) is 0 Å². The molecule has 150 valence electrons. The molecule has 8 nitrogen and oxygen atoms in total. The van der Waals surface area contributed by atoms with Gasteiger partial charge in [0.15, 0.2) is 11.5 Å². The normalized spacial score (nSPS) is 13.5. The van der Waals surface area contributed by atoms with Crippen molar-refractivity contribution in [3.8, 4) is 11.3 Å². The zero-order valence-electron chi connectivity index (χ0n) is 16.4. The summed E-state index contributed by atoms with van der Waals surface area (Å²) in [6, 6.07) is 13.2. The molecule has 2 aromatic heterocycles. The second-order valence-electron chi connectivity index (χ2n) is 7.01. The van der Waals surface area contributed by atoms with Gasteiger partial charge in [-0.2, -0.15) is 4.98 Å². The Balaban J connectivity index is 1.28. The molecule has 1 aliphatic heterocycles. The van der Waals surface area contributed by atoms with Crippen LogP contribution in [0.4, 0.5) is 11.8 Å². The first-order chi connectivity index (χ1) is 14.2. The van der Waals surface area contributed by atoms with Gasteiger partial charge in [0.05, 0.1) is 0 Å². The number of benzene rings is 1. The smallest absolute Gasteiger partial charge is 0.273 e. The van der Waals surface area contributed by atoms with Gasteiger partial charge < -0.3 is 20.1 Å². The molecule has 0 unspecified atom stereocenters. The SMILES string of the molecule is Cc1cc(N2CCCC2)nc(NCCNC(=O)c2cc(-c3ccccc3)on2)n1. The highest BCUT2D eigenvalue weighted by atomic mass is 16.5. The average Bonchev–Trinajstić information content (AvgIpc) is 3.44. The molecule has 0 spiro atoms. The van der Waals surface area contributed by atoms with Crippen LogP contribution < -0.4 is 15.5 Å². The largest absolute Gasteiger partial charge is 0.356 e. The minimum Gasteiger partial charge on any atom is -0.356 e. The van der Waals surface area contributed by atoms with E-state index >= 15 is 0 Å². The molecule has 0 radical (unpaired) electrons. The number of hydrogen-bond acceptors (Lipinski definition) is 7. The van der Waals surface area contributed by atoms with Crippen LogP contribution >= 0.6 is 0 Å². The van der Waals surface area contributed by atoms with Gasteiger partial charge in [-0.3, -0.25) is 4.79 Å². The van der Waals surface area contributed by atoms with Gasteiger partial charge in [-0.15, -0.1) is 0 Å². The number of carbonyl (C=O) groups is 1. The third-order valence-electron chi connectivity index (χ3n) is 4.77. The van der Waals surface area contributed by atoms with E-state index in [1.807, 2.05) is 43.3 Å². The predicted molar refractivity (Wildman–Crippen MR) is 111 cm³/mol. The number of amides is 1. The van der Waals surface area contributed by atoms with Crippen molar-refractivity contribution in [2.24, 2.45) is 0 Å². The topological polar surface area (TPSA) is 96.2 Å². The fourth-order valence-electron chi connectivity index (χ4n) is 3.30. The summed E-state index contributed by atoms with van der Waals surface area (Å²) >= 11 is 0. The van der Waals surface area contributed by atoms with Gasteiger partial charge in [0.1, 0.15) is 5.82 Å². The zero-order chi connectivity index (χ0) is 20.1. The lowest BCUT2D eigenvalue weighted by Gasteiger charge is -2.17. The Morgan fingerprint density at radius 1 is 1.10 bits per heavy atom. The molecule has 8 heteroatoms. The third kappa shape index (κ3) is 4.71. The van der Waals surface area contributed by atoms with Gasteiger partial charge in [-0.05, 0) is 19.8 Å². The Kier molecular flexibility index (Phi) is 5.69. The number of carbonyl (C=O) groups excluding carboxylic acids is 1. The number of rotatable bonds is 7. The first-order valence-corrected chi connectivity index (χ1v) is 9.84. The van der Waals surface area contributed by atoms with Gasteiger partial charge in [0.2, 0.25) is 5.95 Å². The average molecular weight is 392 g/mol. The van der Waals surface area contributed by atoms with Crippen LogP contribution in [0.15, 0.2) is 47.0 Å². The van der Waals surface area contributed by atoms with Crippen LogP contribution in [0.3, 0.4) is 0 Å². The molecule has 0 bridgehead atoms. The van der Waals surface area contributed by atoms with E-state index in [0.29, 0.717) is 24.8 Å². The molecule has 0 saturated carbocycles. The van der Waals surface area contributed by atoms with Gasteiger partial charge in [-0.25, -0.2) is 4.98 Å². The van der Waals surface area contributed by atoms with Gasteiger partial charge in [0.25, 0.3) is 5.91 Å². The summed E-state index contributed by atoms with van der Waals surface area (Å²) < 4.78 is 5.27. The molecule has 1 fully saturated rings. The lowest BCUT2D eigenvalue weighted by molar-refractivity contribution is 0.0946. The molecule has 1 amide bonds. The molecule has 0 aliphatic carbocycles. The van der Waals surface area contributed by atoms with Crippen LogP contribution in [-0.2, 0) is 0 Å². The Morgan fingerprint density at radius 3 is 2.69 bits per heavy atom. The molecule has 29 heavy (non-hydrogen) atoms. The summed E-state index contributed by atoms with van der Waals surface area (Å²) in [5.74, 6) is 1.82. The Morgan fingerprint density at radius 2 is 1.90 bits per heavy atom. The van der Waals surface area contributed by atoms with Crippen molar-refractivity contribution >= 4 is 17.7 Å². The number of aromatic nitrogens is 3. The van der Waals surface area contributed by atoms with E-state index in [1.165, 1.54) is 12.8 Å². The number of hydrogen-bond donors (Lipinski definition) is 2. The van der Waals surface area contributed by atoms with Crippen LogP contribution in [0.25, 0.3) is 11.3 Å². The maximum absolute atomic E-state index is 12.3. The molecule has 0 atom stereocenters. The molecule has 3 heterocycles. The fourth-order valence-corrected chi connectivity index (χ4v) is 3.30. The van der Waals surface area contributed by atoms with Gasteiger partial charge >= 0.3 is 0 Å². The van der Waals surface area contributed by atoms with Crippen LogP contribution in [-0.4, -0.2) is 47.2 Å². The molecule has 1 aliphatic rings. The summed E-state index contributed by atoms with van der Waals surface area (Å²) in [5, 5.41) is 9.87. The van der Waals surface area contributed by atoms with E-state index in [4.69, 9.17) is 4.52 Å². The minimum absolute atomic E-state index is 0.256. The highest BCUT2D eigenvalue weighted by Gasteiger charge is 2.15. The van der Waals surface area contributed by atoms with Crippen molar-refractivity contribution in [2.45, 2.75) is 19.8 Å². The van der Waals surface area contributed by atoms with E-state index in [1.54, 1.807) is 6.07 Å². The fraction of sp³-hybridized carbons (Fsp3) is 0.333. The molecule has 3 aromatic rings. The summed E-state index contributed by atoms with van der Waals surface area (Å²) in [6.45, 7) is 4.97. The predicted octanol–water partition coefficient (Wildman–Crippen LogP) is 2.88. The number of nitrogens with one attached hydrogen (secondary N) is 2. The second kappa shape index (κ2) is 8.72.